The van der Waals surface area contributed by atoms with Crippen molar-refractivity contribution in [1.29, 1.82) is 0 Å². The van der Waals surface area contributed by atoms with Crippen LogP contribution >= 0.6 is 11.8 Å². The van der Waals surface area contributed by atoms with Gasteiger partial charge in [0, 0.05) is 30.3 Å². The Morgan fingerprint density at radius 2 is 2.40 bits per heavy atom. The number of hydrogen-bond donors (Lipinski definition) is 1. The van der Waals surface area contributed by atoms with Crippen molar-refractivity contribution in [1.82, 2.24) is 0 Å². The highest BCUT2D eigenvalue weighted by Gasteiger charge is 2.16. The zero-order valence-corrected chi connectivity index (χ0v) is 9.72. The van der Waals surface area contributed by atoms with Crippen LogP contribution in [-0.4, -0.2) is 32.5 Å². The van der Waals surface area contributed by atoms with Gasteiger partial charge in [0.2, 0.25) is 0 Å². The molecule has 0 bridgehead atoms. The molecule has 0 fully saturated rings. The van der Waals surface area contributed by atoms with E-state index < -0.39 is 0 Å². The molecule has 0 aliphatic carbocycles. The number of anilines is 1. The van der Waals surface area contributed by atoms with E-state index in [2.05, 4.69) is 17.0 Å². The predicted octanol–water partition coefficient (Wildman–Crippen LogP) is 1.57. The van der Waals surface area contributed by atoms with Crippen molar-refractivity contribution in [3.05, 3.63) is 18.2 Å². The SMILES string of the molecule is COc1ccc2c(c1)SCCN2CCN. The van der Waals surface area contributed by atoms with Crippen LogP contribution < -0.4 is 15.4 Å². The fourth-order valence-corrected chi connectivity index (χ4v) is 2.85. The Morgan fingerprint density at radius 1 is 1.53 bits per heavy atom. The van der Waals surface area contributed by atoms with Crippen molar-refractivity contribution in [2.45, 2.75) is 4.90 Å². The largest absolute Gasteiger partial charge is 0.497 e. The lowest BCUT2D eigenvalue weighted by molar-refractivity contribution is 0.413. The van der Waals surface area contributed by atoms with E-state index in [-0.39, 0.29) is 0 Å². The van der Waals surface area contributed by atoms with E-state index in [1.807, 2.05) is 17.8 Å². The summed E-state index contributed by atoms with van der Waals surface area (Å²) in [7, 11) is 1.70. The Bertz CT molecular complexity index is 343. The summed E-state index contributed by atoms with van der Waals surface area (Å²) in [6.07, 6.45) is 0. The maximum Gasteiger partial charge on any atom is 0.120 e. The van der Waals surface area contributed by atoms with E-state index in [9.17, 15) is 0 Å². The Hall–Kier alpha value is -0.870. The molecule has 0 unspecified atom stereocenters. The summed E-state index contributed by atoms with van der Waals surface area (Å²) in [5.41, 5.74) is 6.89. The molecule has 0 aromatic heterocycles. The second kappa shape index (κ2) is 4.77. The van der Waals surface area contributed by atoms with Gasteiger partial charge in [-0.1, -0.05) is 0 Å². The van der Waals surface area contributed by atoms with Gasteiger partial charge in [-0.25, -0.2) is 0 Å². The monoisotopic (exact) mass is 224 g/mol. The normalized spacial score (nSPS) is 14.9. The highest BCUT2D eigenvalue weighted by atomic mass is 32.2. The Balaban J connectivity index is 2.28. The zero-order chi connectivity index (χ0) is 10.7. The topological polar surface area (TPSA) is 38.5 Å². The first-order valence-corrected chi connectivity index (χ1v) is 6.09. The minimum Gasteiger partial charge on any atom is -0.497 e. The molecule has 1 aromatic rings. The maximum absolute atomic E-state index is 5.60. The van der Waals surface area contributed by atoms with Crippen molar-refractivity contribution in [3.8, 4) is 5.75 Å². The molecular formula is C11H16N2OS. The number of hydrogen-bond acceptors (Lipinski definition) is 4. The number of methoxy groups -OCH3 is 1. The van der Waals surface area contributed by atoms with Crippen LogP contribution in [0.4, 0.5) is 5.69 Å². The third-order valence-corrected chi connectivity index (χ3v) is 3.55. The minimum absolute atomic E-state index is 0.704. The van der Waals surface area contributed by atoms with Gasteiger partial charge < -0.3 is 15.4 Å². The molecule has 0 spiro atoms. The molecule has 4 heteroatoms. The third kappa shape index (κ3) is 2.21. The van der Waals surface area contributed by atoms with Gasteiger partial charge in [-0.3, -0.25) is 0 Å². The van der Waals surface area contributed by atoms with Crippen LogP contribution in [0.5, 0.6) is 5.75 Å². The number of nitrogens with two attached hydrogens (primary N) is 1. The summed E-state index contributed by atoms with van der Waals surface area (Å²) in [5.74, 6) is 2.05. The highest BCUT2D eigenvalue weighted by molar-refractivity contribution is 7.99. The van der Waals surface area contributed by atoms with Gasteiger partial charge in [-0.05, 0) is 18.2 Å². The van der Waals surface area contributed by atoms with Crippen LogP contribution in [0, 0.1) is 0 Å². The van der Waals surface area contributed by atoms with Gasteiger partial charge in [0.05, 0.1) is 12.8 Å². The van der Waals surface area contributed by atoms with Gasteiger partial charge >= 0.3 is 0 Å². The van der Waals surface area contributed by atoms with Crippen LogP contribution in [0.2, 0.25) is 0 Å². The molecule has 15 heavy (non-hydrogen) atoms. The van der Waals surface area contributed by atoms with Crippen molar-refractivity contribution >= 4 is 17.4 Å². The van der Waals surface area contributed by atoms with Crippen molar-refractivity contribution in [2.75, 3.05) is 37.4 Å². The first kappa shape index (κ1) is 10.6. The summed E-state index contributed by atoms with van der Waals surface area (Å²) in [4.78, 5) is 3.64. The Morgan fingerprint density at radius 3 is 3.13 bits per heavy atom. The first-order chi connectivity index (χ1) is 7.35. The van der Waals surface area contributed by atoms with Crippen molar-refractivity contribution in [3.63, 3.8) is 0 Å². The molecule has 1 aliphatic heterocycles. The molecule has 0 radical (unpaired) electrons. The number of rotatable bonds is 3. The van der Waals surface area contributed by atoms with Crippen LogP contribution in [-0.2, 0) is 0 Å². The molecule has 1 heterocycles. The molecule has 1 aromatic carbocycles. The zero-order valence-electron chi connectivity index (χ0n) is 8.90. The highest BCUT2D eigenvalue weighted by Crippen LogP contribution is 2.36. The quantitative estimate of drug-likeness (QED) is 0.845. The van der Waals surface area contributed by atoms with Crippen LogP contribution in [0.15, 0.2) is 23.1 Å². The predicted molar refractivity (Wildman–Crippen MR) is 65.0 cm³/mol. The molecule has 0 saturated heterocycles. The average Bonchev–Trinajstić information content (AvgIpc) is 2.29. The van der Waals surface area contributed by atoms with E-state index >= 15 is 0 Å². The van der Waals surface area contributed by atoms with Gasteiger partial charge in [0.1, 0.15) is 5.75 Å². The molecule has 82 valence electrons. The van der Waals surface area contributed by atoms with Gasteiger partial charge in [-0.15, -0.1) is 11.8 Å². The van der Waals surface area contributed by atoms with Crippen LogP contribution in [0.1, 0.15) is 0 Å². The lowest BCUT2D eigenvalue weighted by Gasteiger charge is -2.30. The summed E-state index contributed by atoms with van der Waals surface area (Å²) in [6.45, 7) is 2.72. The number of benzene rings is 1. The van der Waals surface area contributed by atoms with Crippen molar-refractivity contribution < 1.29 is 4.74 Å². The number of nitrogens with zero attached hydrogens (tertiary/aromatic N) is 1. The van der Waals surface area contributed by atoms with Crippen molar-refractivity contribution in [2.24, 2.45) is 5.73 Å². The number of thioether (sulfide) groups is 1. The van der Waals surface area contributed by atoms with E-state index in [0.29, 0.717) is 6.54 Å². The molecule has 0 saturated carbocycles. The summed E-state index contributed by atoms with van der Waals surface area (Å²) >= 11 is 1.89. The fourth-order valence-electron chi connectivity index (χ4n) is 1.77. The van der Waals surface area contributed by atoms with Crippen LogP contribution in [0.25, 0.3) is 0 Å². The average molecular weight is 224 g/mol. The molecule has 2 N–H and O–H groups in total. The molecule has 2 rings (SSSR count). The van der Waals surface area contributed by atoms with Gasteiger partial charge in [-0.2, -0.15) is 0 Å². The Labute approximate surface area is 94.6 Å². The van der Waals surface area contributed by atoms with Gasteiger partial charge in [0.25, 0.3) is 0 Å². The smallest absolute Gasteiger partial charge is 0.120 e. The Kier molecular flexibility index (Phi) is 3.38. The number of fused-ring (bicyclic) bond motifs is 1. The second-order valence-corrected chi connectivity index (χ2v) is 4.59. The second-order valence-electron chi connectivity index (χ2n) is 3.46. The van der Waals surface area contributed by atoms with E-state index in [1.165, 1.54) is 10.6 Å². The number of ether oxygens (including phenoxy) is 1. The summed E-state index contributed by atoms with van der Waals surface area (Å²) in [5, 5.41) is 0. The lowest BCUT2D eigenvalue weighted by atomic mass is 10.2. The molecule has 0 atom stereocenters. The minimum atomic E-state index is 0.704. The first-order valence-electron chi connectivity index (χ1n) is 5.11. The van der Waals surface area contributed by atoms with E-state index in [0.717, 1.165) is 24.6 Å². The fraction of sp³-hybridized carbons (Fsp3) is 0.455. The van der Waals surface area contributed by atoms with E-state index in [1.54, 1.807) is 7.11 Å². The summed E-state index contributed by atoms with van der Waals surface area (Å²) < 4.78 is 5.22. The molecular weight excluding hydrogens is 208 g/mol. The van der Waals surface area contributed by atoms with E-state index in [4.69, 9.17) is 10.5 Å². The summed E-state index contributed by atoms with van der Waals surface area (Å²) in [6, 6.07) is 6.23. The molecule has 3 nitrogen and oxygen atoms in total. The van der Waals surface area contributed by atoms with Crippen LogP contribution in [0.3, 0.4) is 0 Å². The van der Waals surface area contributed by atoms with Gasteiger partial charge in [0.15, 0.2) is 0 Å². The lowest BCUT2D eigenvalue weighted by Crippen LogP contribution is -2.33. The molecule has 1 aliphatic rings. The maximum atomic E-state index is 5.60. The standard InChI is InChI=1S/C11H16N2OS/c1-14-9-2-3-10-11(8-9)15-7-6-13(10)5-4-12/h2-3,8H,4-7,12H2,1H3. The molecule has 0 amide bonds. The third-order valence-electron chi connectivity index (χ3n) is 2.53.